The van der Waals surface area contributed by atoms with Crippen molar-refractivity contribution in [1.29, 1.82) is 0 Å². The van der Waals surface area contributed by atoms with Crippen LogP contribution in [0.15, 0.2) is 158 Å². The summed E-state index contributed by atoms with van der Waals surface area (Å²) >= 11 is 0. The molecular weight excluding hydrogens is 801 g/mol. The molecule has 1 saturated heterocycles. The molecule has 0 saturated carbocycles. The van der Waals surface area contributed by atoms with Gasteiger partial charge in [-0.25, -0.2) is 29.3 Å². The molecule has 8 rings (SSSR count). The minimum absolute atomic E-state index is 0.0717. The summed E-state index contributed by atoms with van der Waals surface area (Å²) in [4.78, 5) is 94.9. The number of aromatic nitrogens is 4. The van der Waals surface area contributed by atoms with Gasteiger partial charge in [-0.05, 0) is 65.6 Å². The van der Waals surface area contributed by atoms with E-state index >= 15 is 0 Å². The van der Waals surface area contributed by atoms with Gasteiger partial charge in [-0.2, -0.15) is 4.57 Å². The largest absolute Gasteiger partial charge is 0.459 e. The molecule has 3 heterocycles. The molecule has 0 aliphatic carbocycles. The zero-order chi connectivity index (χ0) is 43.2. The van der Waals surface area contributed by atoms with Crippen LogP contribution in [0.1, 0.15) is 58.0 Å². The van der Waals surface area contributed by atoms with E-state index in [1.807, 2.05) is 0 Å². The lowest BCUT2D eigenvalue weighted by atomic mass is 10.1. The maximum atomic E-state index is 14.2. The van der Waals surface area contributed by atoms with Crippen molar-refractivity contribution < 1.29 is 47.8 Å². The Morgan fingerprint density at radius 2 is 1.05 bits per heavy atom. The summed E-state index contributed by atoms with van der Waals surface area (Å²) in [5.41, 5.74) is -0.197. The highest BCUT2D eigenvalue weighted by Crippen LogP contribution is 2.40. The number of nitro groups is 1. The van der Waals surface area contributed by atoms with E-state index in [1.165, 1.54) is 60.7 Å². The SMILES string of the molecule is O=C(OC[C@H]1O[C@@H](n2c([N+](=O)[O-])nc3c(N(C(=O)c4ccccc4)C(=O)c4ccccc4)ncnc32)[C@H](OC(=O)c2ccccc2)[C@@H]1OC(=O)c1ccccc1)c1ccccc1. The number of carbonyl (C=O) groups excluding carboxylic acids is 5. The van der Waals surface area contributed by atoms with E-state index in [9.17, 15) is 34.1 Å². The van der Waals surface area contributed by atoms with Gasteiger partial charge in [0.15, 0.2) is 11.9 Å². The van der Waals surface area contributed by atoms with Crippen LogP contribution < -0.4 is 4.90 Å². The molecule has 1 fully saturated rings. The van der Waals surface area contributed by atoms with Crippen LogP contribution in [0.4, 0.5) is 11.8 Å². The number of hydrogen-bond donors (Lipinski definition) is 0. The van der Waals surface area contributed by atoms with E-state index in [0.717, 1.165) is 15.8 Å². The molecule has 1 aliphatic heterocycles. The van der Waals surface area contributed by atoms with Gasteiger partial charge >= 0.3 is 23.9 Å². The molecule has 0 unspecified atom stereocenters. The predicted molar refractivity (Wildman–Crippen MR) is 218 cm³/mol. The summed E-state index contributed by atoms with van der Waals surface area (Å²) in [5, 5.41) is 13.0. The van der Waals surface area contributed by atoms with Crippen LogP contribution in [0.25, 0.3) is 11.2 Å². The number of imidazole rings is 1. The van der Waals surface area contributed by atoms with Crippen LogP contribution in [-0.2, 0) is 18.9 Å². The standard InChI is InChI=1S/C45H32N6O11/c52-39(28-16-6-1-7-17-28)49(40(53)29-18-8-2-9-19-29)37-34-38(47-27-46-37)50(45(48-34)51(57)58)41-36(62-44(56)32-24-14-5-15-25-32)35(61-43(55)31-22-12-4-13-23-31)33(60-41)26-59-42(54)30-20-10-3-11-21-30/h1-25,27,33,35-36,41H,26H2/t33-,35-,36-,41-/m1/s1. The molecule has 5 aromatic carbocycles. The molecule has 17 nitrogen and oxygen atoms in total. The number of hydrogen-bond acceptors (Lipinski definition) is 14. The fourth-order valence-corrected chi connectivity index (χ4v) is 6.78. The van der Waals surface area contributed by atoms with Crippen molar-refractivity contribution in [3.63, 3.8) is 0 Å². The van der Waals surface area contributed by atoms with Crippen LogP contribution in [0.5, 0.6) is 0 Å². The average molecular weight is 833 g/mol. The first-order chi connectivity index (χ1) is 30.2. The van der Waals surface area contributed by atoms with E-state index in [1.54, 1.807) is 91.0 Å². The number of anilines is 1. The van der Waals surface area contributed by atoms with E-state index in [4.69, 9.17) is 18.9 Å². The molecule has 308 valence electrons. The third-order valence-corrected chi connectivity index (χ3v) is 9.70. The minimum atomic E-state index is -1.77. The summed E-state index contributed by atoms with van der Waals surface area (Å²) in [5.74, 6) is -5.62. The molecule has 7 aromatic rings. The fraction of sp³-hybridized carbons (Fsp3) is 0.111. The van der Waals surface area contributed by atoms with Gasteiger partial charge < -0.3 is 29.1 Å². The zero-order valence-corrected chi connectivity index (χ0v) is 32.2. The van der Waals surface area contributed by atoms with E-state index in [2.05, 4.69) is 15.0 Å². The summed E-state index contributed by atoms with van der Waals surface area (Å²) in [7, 11) is 0. The van der Waals surface area contributed by atoms with Crippen molar-refractivity contribution in [3.8, 4) is 0 Å². The smallest absolute Gasteiger partial charge is 0.439 e. The van der Waals surface area contributed by atoms with Gasteiger partial charge in [0.1, 0.15) is 19.0 Å². The molecule has 0 radical (unpaired) electrons. The second-order valence-electron chi connectivity index (χ2n) is 13.6. The number of amides is 2. The van der Waals surface area contributed by atoms with Gasteiger partial charge in [-0.3, -0.25) is 9.59 Å². The van der Waals surface area contributed by atoms with Crippen molar-refractivity contribution in [2.45, 2.75) is 24.5 Å². The maximum absolute atomic E-state index is 14.2. The van der Waals surface area contributed by atoms with E-state index < -0.39 is 77.6 Å². The monoisotopic (exact) mass is 832 g/mol. The molecule has 0 bridgehead atoms. The first-order valence-corrected chi connectivity index (χ1v) is 19.0. The maximum Gasteiger partial charge on any atom is 0.439 e. The molecule has 4 atom stereocenters. The first-order valence-electron chi connectivity index (χ1n) is 19.0. The topological polar surface area (TPSA) is 212 Å². The highest BCUT2D eigenvalue weighted by Gasteiger charge is 2.55. The van der Waals surface area contributed by atoms with Crippen molar-refractivity contribution in [2.75, 3.05) is 11.5 Å². The minimum Gasteiger partial charge on any atom is -0.459 e. The van der Waals surface area contributed by atoms with Gasteiger partial charge in [-0.15, -0.1) is 0 Å². The number of esters is 3. The third kappa shape index (κ3) is 8.23. The normalized spacial score (nSPS) is 16.8. The van der Waals surface area contributed by atoms with Crippen molar-refractivity contribution in [1.82, 2.24) is 19.5 Å². The second-order valence-corrected chi connectivity index (χ2v) is 13.6. The quantitative estimate of drug-likeness (QED) is 0.0427. The van der Waals surface area contributed by atoms with Crippen LogP contribution in [0.3, 0.4) is 0 Å². The lowest BCUT2D eigenvalue weighted by Crippen LogP contribution is -2.41. The van der Waals surface area contributed by atoms with Gasteiger partial charge in [-0.1, -0.05) is 96.0 Å². The zero-order valence-electron chi connectivity index (χ0n) is 32.2. The Balaban J connectivity index is 1.28. The molecule has 1 aliphatic rings. The Bertz CT molecular complexity index is 2720. The highest BCUT2D eigenvalue weighted by molar-refractivity contribution is 6.27. The van der Waals surface area contributed by atoms with Gasteiger partial charge in [0.05, 0.1) is 16.7 Å². The van der Waals surface area contributed by atoms with Crippen LogP contribution >= 0.6 is 0 Å². The highest BCUT2D eigenvalue weighted by atomic mass is 16.7. The van der Waals surface area contributed by atoms with E-state index in [0.29, 0.717) is 0 Å². The average Bonchev–Trinajstić information content (AvgIpc) is 3.87. The molecular formula is C45H32N6O11. The molecule has 17 heteroatoms. The predicted octanol–water partition coefficient (Wildman–Crippen LogP) is 6.43. The fourth-order valence-electron chi connectivity index (χ4n) is 6.78. The summed E-state index contributed by atoms with van der Waals surface area (Å²) in [6.45, 7) is -0.595. The second kappa shape index (κ2) is 17.8. The number of benzene rings is 5. The lowest BCUT2D eigenvalue weighted by Gasteiger charge is -2.24. The van der Waals surface area contributed by atoms with E-state index in [-0.39, 0.29) is 39.0 Å². The van der Waals surface area contributed by atoms with Crippen molar-refractivity contribution in [3.05, 3.63) is 196 Å². The Labute approximate surface area is 351 Å². The Kier molecular flexibility index (Phi) is 11.6. The molecule has 0 spiro atoms. The number of ether oxygens (including phenoxy) is 4. The Morgan fingerprint density at radius 3 is 1.52 bits per heavy atom. The first kappa shape index (κ1) is 40.3. The van der Waals surface area contributed by atoms with Crippen LogP contribution in [0, 0.1) is 10.1 Å². The lowest BCUT2D eigenvalue weighted by molar-refractivity contribution is -0.398. The molecule has 2 amide bonds. The van der Waals surface area contributed by atoms with Crippen LogP contribution in [-0.4, -0.2) is 79.1 Å². The molecule has 2 aromatic heterocycles. The third-order valence-electron chi connectivity index (χ3n) is 9.70. The summed E-state index contributed by atoms with van der Waals surface area (Å²) in [6.07, 6.45) is -5.53. The van der Waals surface area contributed by atoms with Gasteiger partial charge in [0, 0.05) is 11.1 Å². The van der Waals surface area contributed by atoms with Crippen molar-refractivity contribution >= 4 is 52.7 Å². The Morgan fingerprint density at radius 1 is 0.613 bits per heavy atom. The molecule has 0 N–H and O–H groups in total. The number of fused-ring (bicyclic) bond motifs is 1. The number of carbonyl (C=O) groups is 5. The van der Waals surface area contributed by atoms with Gasteiger partial charge in [0.25, 0.3) is 11.8 Å². The summed E-state index contributed by atoms with van der Waals surface area (Å²) < 4.78 is 24.9. The Hall–Kier alpha value is -8.44. The molecule has 62 heavy (non-hydrogen) atoms. The van der Waals surface area contributed by atoms with Crippen molar-refractivity contribution in [2.24, 2.45) is 0 Å². The number of imide groups is 1. The van der Waals surface area contributed by atoms with Gasteiger partial charge in [0.2, 0.25) is 23.5 Å². The summed E-state index contributed by atoms with van der Waals surface area (Å²) in [6, 6.07) is 39.3. The number of rotatable bonds is 12. The number of nitrogens with zero attached hydrogens (tertiary/aromatic N) is 6. The van der Waals surface area contributed by atoms with Crippen LogP contribution in [0.2, 0.25) is 0 Å².